The molecule has 2 rings (SSSR count). The third-order valence-corrected chi connectivity index (χ3v) is 4.36. The van der Waals surface area contributed by atoms with Gasteiger partial charge in [0.1, 0.15) is 5.75 Å². The molecule has 20 heavy (non-hydrogen) atoms. The Morgan fingerprint density at radius 2 is 2.10 bits per heavy atom. The van der Waals surface area contributed by atoms with E-state index in [0.29, 0.717) is 23.9 Å². The van der Waals surface area contributed by atoms with E-state index in [1.807, 2.05) is 12.1 Å². The molecule has 2 atom stereocenters. The van der Waals surface area contributed by atoms with Gasteiger partial charge in [0, 0.05) is 24.7 Å². The lowest BCUT2D eigenvalue weighted by Gasteiger charge is -2.37. The van der Waals surface area contributed by atoms with Crippen LogP contribution in [0.1, 0.15) is 51.6 Å². The molecular formula is C17H28N2O. The van der Waals surface area contributed by atoms with Crippen molar-refractivity contribution in [1.82, 2.24) is 10.2 Å². The maximum Gasteiger partial charge on any atom is 0.115 e. The van der Waals surface area contributed by atoms with Gasteiger partial charge in [0.2, 0.25) is 0 Å². The Morgan fingerprint density at radius 1 is 1.30 bits per heavy atom. The van der Waals surface area contributed by atoms with E-state index < -0.39 is 0 Å². The number of hydrogen-bond acceptors (Lipinski definition) is 3. The number of aromatic hydroxyl groups is 1. The molecule has 3 heteroatoms. The van der Waals surface area contributed by atoms with Gasteiger partial charge in [-0.1, -0.05) is 18.6 Å². The molecule has 0 spiro atoms. The third kappa shape index (κ3) is 3.97. The molecule has 0 saturated carbocycles. The lowest BCUT2D eigenvalue weighted by molar-refractivity contribution is 0.137. The van der Waals surface area contributed by atoms with Gasteiger partial charge in [-0.05, 0) is 57.9 Å². The number of piperidine rings is 1. The summed E-state index contributed by atoms with van der Waals surface area (Å²) in [6, 6.07) is 9.08. The van der Waals surface area contributed by atoms with Gasteiger partial charge in [-0.15, -0.1) is 0 Å². The fraction of sp³-hybridized carbons (Fsp3) is 0.647. The lowest BCUT2D eigenvalue weighted by atomic mass is 10.0. The SMILES string of the molecule is CC(C)N(CC1CCCCN1)C(C)c1cccc(O)c1. The number of phenols is 1. The minimum absolute atomic E-state index is 0.325. The van der Waals surface area contributed by atoms with Crippen LogP contribution in [-0.2, 0) is 0 Å². The van der Waals surface area contributed by atoms with Crippen LogP contribution in [-0.4, -0.2) is 35.2 Å². The van der Waals surface area contributed by atoms with Gasteiger partial charge in [-0.3, -0.25) is 4.90 Å². The van der Waals surface area contributed by atoms with Gasteiger partial charge in [-0.2, -0.15) is 0 Å². The van der Waals surface area contributed by atoms with E-state index in [1.54, 1.807) is 6.07 Å². The maximum atomic E-state index is 9.67. The predicted octanol–water partition coefficient (Wildman–Crippen LogP) is 3.31. The second-order valence-electron chi connectivity index (χ2n) is 6.21. The summed E-state index contributed by atoms with van der Waals surface area (Å²) in [5, 5.41) is 13.3. The first-order valence-electron chi connectivity index (χ1n) is 7.86. The van der Waals surface area contributed by atoms with Crippen LogP contribution in [0, 0.1) is 0 Å². The molecular weight excluding hydrogens is 248 g/mol. The number of nitrogens with zero attached hydrogens (tertiary/aromatic N) is 1. The summed E-state index contributed by atoms with van der Waals surface area (Å²) >= 11 is 0. The first kappa shape index (κ1) is 15.3. The highest BCUT2D eigenvalue weighted by atomic mass is 16.3. The Labute approximate surface area is 123 Å². The average Bonchev–Trinajstić information content (AvgIpc) is 2.45. The van der Waals surface area contributed by atoms with Crippen LogP contribution in [0.3, 0.4) is 0 Å². The standard InChI is InChI=1S/C17H28N2O/c1-13(2)19(12-16-8-4-5-10-18-16)14(3)15-7-6-9-17(20)11-15/h6-7,9,11,13-14,16,18,20H,4-5,8,10,12H2,1-3H3. The second kappa shape index (κ2) is 7.09. The minimum atomic E-state index is 0.325. The van der Waals surface area contributed by atoms with Crippen molar-refractivity contribution in [2.75, 3.05) is 13.1 Å². The van der Waals surface area contributed by atoms with Crippen molar-refractivity contribution in [1.29, 1.82) is 0 Å². The van der Waals surface area contributed by atoms with Crippen molar-refractivity contribution >= 4 is 0 Å². The molecule has 1 fully saturated rings. The summed E-state index contributed by atoms with van der Waals surface area (Å²) < 4.78 is 0. The van der Waals surface area contributed by atoms with Gasteiger partial charge in [0.05, 0.1) is 0 Å². The van der Waals surface area contributed by atoms with E-state index in [9.17, 15) is 5.11 Å². The Hall–Kier alpha value is -1.06. The Morgan fingerprint density at radius 3 is 2.70 bits per heavy atom. The molecule has 1 aliphatic rings. The molecule has 2 unspecified atom stereocenters. The van der Waals surface area contributed by atoms with Crippen LogP contribution in [0.5, 0.6) is 5.75 Å². The number of hydrogen-bond donors (Lipinski definition) is 2. The summed E-state index contributed by atoms with van der Waals surface area (Å²) in [5.74, 6) is 0.355. The number of benzene rings is 1. The van der Waals surface area contributed by atoms with Gasteiger partial charge < -0.3 is 10.4 Å². The van der Waals surface area contributed by atoms with Crippen LogP contribution in [0.2, 0.25) is 0 Å². The molecule has 1 heterocycles. The van der Waals surface area contributed by atoms with Crippen molar-refractivity contribution in [3.63, 3.8) is 0 Å². The van der Waals surface area contributed by atoms with Crippen LogP contribution in [0.25, 0.3) is 0 Å². The molecule has 1 saturated heterocycles. The van der Waals surface area contributed by atoms with Crippen LogP contribution in [0.4, 0.5) is 0 Å². The molecule has 1 aromatic rings. The fourth-order valence-corrected chi connectivity index (χ4v) is 3.13. The average molecular weight is 276 g/mol. The normalized spacial score (nSPS) is 21.4. The largest absolute Gasteiger partial charge is 0.508 e. The monoisotopic (exact) mass is 276 g/mol. The first-order chi connectivity index (χ1) is 9.58. The van der Waals surface area contributed by atoms with Crippen molar-refractivity contribution in [2.45, 2.75) is 58.2 Å². The molecule has 1 aromatic carbocycles. The lowest BCUT2D eigenvalue weighted by Crippen LogP contribution is -2.46. The predicted molar refractivity (Wildman–Crippen MR) is 84.0 cm³/mol. The zero-order chi connectivity index (χ0) is 14.5. The van der Waals surface area contributed by atoms with E-state index in [1.165, 1.54) is 24.8 Å². The molecule has 1 aliphatic heterocycles. The topological polar surface area (TPSA) is 35.5 Å². The fourth-order valence-electron chi connectivity index (χ4n) is 3.13. The minimum Gasteiger partial charge on any atom is -0.508 e. The smallest absolute Gasteiger partial charge is 0.115 e. The highest BCUT2D eigenvalue weighted by Crippen LogP contribution is 2.26. The Bertz CT molecular complexity index is 413. The summed E-state index contributed by atoms with van der Waals surface area (Å²) in [6.07, 6.45) is 3.92. The summed E-state index contributed by atoms with van der Waals surface area (Å²) in [6.45, 7) is 8.97. The zero-order valence-corrected chi connectivity index (χ0v) is 13.0. The van der Waals surface area contributed by atoms with Gasteiger partial charge in [-0.25, -0.2) is 0 Å². The third-order valence-electron chi connectivity index (χ3n) is 4.36. The van der Waals surface area contributed by atoms with Gasteiger partial charge in [0.15, 0.2) is 0 Å². The van der Waals surface area contributed by atoms with Gasteiger partial charge in [0.25, 0.3) is 0 Å². The van der Waals surface area contributed by atoms with E-state index in [-0.39, 0.29) is 0 Å². The molecule has 0 aromatic heterocycles. The van der Waals surface area contributed by atoms with E-state index in [0.717, 1.165) is 13.1 Å². The van der Waals surface area contributed by atoms with E-state index in [2.05, 4.69) is 37.1 Å². The summed E-state index contributed by atoms with van der Waals surface area (Å²) in [4.78, 5) is 2.53. The molecule has 112 valence electrons. The maximum absolute atomic E-state index is 9.67. The molecule has 0 bridgehead atoms. The zero-order valence-electron chi connectivity index (χ0n) is 13.0. The second-order valence-corrected chi connectivity index (χ2v) is 6.21. The molecule has 0 aliphatic carbocycles. The van der Waals surface area contributed by atoms with Gasteiger partial charge >= 0.3 is 0 Å². The van der Waals surface area contributed by atoms with Crippen LogP contribution >= 0.6 is 0 Å². The molecule has 3 nitrogen and oxygen atoms in total. The number of nitrogens with one attached hydrogen (secondary N) is 1. The Balaban J connectivity index is 2.07. The van der Waals surface area contributed by atoms with Crippen LogP contribution in [0.15, 0.2) is 24.3 Å². The highest BCUT2D eigenvalue weighted by molar-refractivity contribution is 5.29. The summed E-state index contributed by atoms with van der Waals surface area (Å²) in [7, 11) is 0. The van der Waals surface area contributed by atoms with Crippen molar-refractivity contribution < 1.29 is 5.11 Å². The first-order valence-corrected chi connectivity index (χ1v) is 7.86. The molecule has 2 N–H and O–H groups in total. The Kier molecular flexibility index (Phi) is 5.44. The summed E-state index contributed by atoms with van der Waals surface area (Å²) in [5.41, 5.74) is 1.19. The van der Waals surface area contributed by atoms with Crippen molar-refractivity contribution in [3.05, 3.63) is 29.8 Å². The van der Waals surface area contributed by atoms with E-state index >= 15 is 0 Å². The number of rotatable bonds is 5. The molecule has 0 radical (unpaired) electrons. The van der Waals surface area contributed by atoms with E-state index in [4.69, 9.17) is 0 Å². The number of phenolic OH excluding ortho intramolecular Hbond substituents is 1. The van der Waals surface area contributed by atoms with Crippen molar-refractivity contribution in [2.24, 2.45) is 0 Å². The van der Waals surface area contributed by atoms with Crippen LogP contribution < -0.4 is 5.32 Å². The quantitative estimate of drug-likeness (QED) is 0.866. The highest BCUT2D eigenvalue weighted by Gasteiger charge is 2.23. The molecule has 0 amide bonds. The van der Waals surface area contributed by atoms with Crippen molar-refractivity contribution in [3.8, 4) is 5.75 Å².